The number of nitrogens with one attached hydrogen (secondary N) is 7. The summed E-state index contributed by atoms with van der Waals surface area (Å²) in [6, 6.07) is -4.58. The predicted molar refractivity (Wildman–Crippen MR) is 187 cm³/mol. The number of carboxylic acid groups (broad SMARTS) is 2. The average molecular weight is 750 g/mol. The highest BCUT2D eigenvalue weighted by Crippen LogP contribution is 2.11. The maximum atomic E-state index is 12.9. The molecule has 0 bridgehead atoms. The van der Waals surface area contributed by atoms with E-state index in [4.69, 9.17) is 21.7 Å². The molecule has 50 heavy (non-hydrogen) atoms. The molecule has 4 atom stereocenters. The Balaban J connectivity index is 2.90. The second-order valence-corrected chi connectivity index (χ2v) is 13.6. The van der Waals surface area contributed by atoms with Gasteiger partial charge in [-0.3, -0.25) is 38.4 Å². The summed E-state index contributed by atoms with van der Waals surface area (Å²) in [5.41, 5.74) is 10.9. The van der Waals surface area contributed by atoms with E-state index in [-0.39, 0.29) is 50.3 Å². The Morgan fingerprint density at radius 3 is 1.50 bits per heavy atom. The number of carbonyl (C=O) groups excluding carboxylic acids is 6. The molecule has 0 spiro atoms. The standard InChI is InChI=1S/C29H51N9O10S2/c30-18(28(45)46)4-6-22(39)37-20-16-49-12-13-50-17-21(38-23(40)7-5-19(31)29(47)48)27(44)36-15-25(42)34-11-3-9-32-8-1-2-10-33-24(41)14-35-26(20)43/h18-21,32H,1-17,30-31H2,(H,33,41)(H,34,42)(H,35,43)(H,36,44)(H,37,39)(H,38,40)(H,45,46)(H,47,48)/t18-,19-,20-,21-/m0/s1. The lowest BCUT2D eigenvalue weighted by Crippen LogP contribution is -2.50. The van der Waals surface area contributed by atoms with E-state index in [9.17, 15) is 38.4 Å². The number of carboxylic acids is 2. The van der Waals surface area contributed by atoms with Gasteiger partial charge < -0.3 is 58.9 Å². The highest BCUT2D eigenvalue weighted by molar-refractivity contribution is 8.03. The summed E-state index contributed by atoms with van der Waals surface area (Å²) in [5.74, 6) is -4.61. The van der Waals surface area contributed by atoms with Crippen LogP contribution in [0.1, 0.15) is 44.9 Å². The minimum absolute atomic E-state index is 0.107. The lowest BCUT2D eigenvalue weighted by molar-refractivity contribution is -0.140. The molecule has 0 unspecified atom stereocenters. The smallest absolute Gasteiger partial charge is 0.320 e. The molecule has 1 fully saturated rings. The van der Waals surface area contributed by atoms with Crippen LogP contribution in [0.2, 0.25) is 0 Å². The van der Waals surface area contributed by atoms with Crippen molar-refractivity contribution < 1.29 is 48.6 Å². The fourth-order valence-electron chi connectivity index (χ4n) is 4.11. The van der Waals surface area contributed by atoms with E-state index in [1.165, 1.54) is 23.5 Å². The van der Waals surface area contributed by atoms with Crippen molar-refractivity contribution in [2.45, 2.75) is 69.1 Å². The maximum absolute atomic E-state index is 12.9. The molecule has 13 N–H and O–H groups in total. The van der Waals surface area contributed by atoms with Crippen molar-refractivity contribution >= 4 is 70.9 Å². The molecule has 0 radical (unpaired) electrons. The number of nitrogens with two attached hydrogens (primary N) is 2. The third kappa shape index (κ3) is 21.4. The number of hydrogen-bond donors (Lipinski definition) is 11. The van der Waals surface area contributed by atoms with Crippen LogP contribution in [0.15, 0.2) is 0 Å². The van der Waals surface area contributed by atoms with E-state index < -0.39 is 71.5 Å². The first-order valence-corrected chi connectivity index (χ1v) is 18.6. The molecule has 21 heteroatoms. The van der Waals surface area contributed by atoms with Crippen LogP contribution in [-0.2, 0) is 38.4 Å². The molecule has 284 valence electrons. The van der Waals surface area contributed by atoms with Gasteiger partial charge in [0.05, 0.1) is 13.1 Å². The minimum atomic E-state index is -1.26. The highest BCUT2D eigenvalue weighted by Gasteiger charge is 2.24. The van der Waals surface area contributed by atoms with Gasteiger partial charge in [0.15, 0.2) is 0 Å². The van der Waals surface area contributed by atoms with Crippen LogP contribution in [0, 0.1) is 0 Å². The summed E-state index contributed by atoms with van der Waals surface area (Å²) >= 11 is 2.59. The van der Waals surface area contributed by atoms with E-state index in [0.29, 0.717) is 50.5 Å². The number of rotatable bonds is 10. The Kier molecular flexibility index (Phi) is 23.2. The second-order valence-electron chi connectivity index (χ2n) is 11.3. The van der Waals surface area contributed by atoms with Gasteiger partial charge in [-0.25, -0.2) is 0 Å². The largest absolute Gasteiger partial charge is 0.480 e. The third-order valence-corrected chi connectivity index (χ3v) is 9.43. The molecule has 0 aromatic rings. The molecule has 1 aliphatic heterocycles. The molecule has 0 aromatic heterocycles. The molecule has 1 saturated heterocycles. The number of aliphatic carboxylic acids is 2. The topological polar surface area (TPSA) is 313 Å². The van der Waals surface area contributed by atoms with Gasteiger partial charge in [0.2, 0.25) is 35.4 Å². The van der Waals surface area contributed by atoms with Crippen molar-refractivity contribution in [3.63, 3.8) is 0 Å². The third-order valence-electron chi connectivity index (χ3n) is 7.05. The summed E-state index contributed by atoms with van der Waals surface area (Å²) in [4.78, 5) is 97.4. The Bertz CT molecular complexity index is 1060. The van der Waals surface area contributed by atoms with Crippen LogP contribution in [0.3, 0.4) is 0 Å². The van der Waals surface area contributed by atoms with Gasteiger partial charge in [0.25, 0.3) is 0 Å². The Hall–Kier alpha value is -3.66. The maximum Gasteiger partial charge on any atom is 0.320 e. The van der Waals surface area contributed by atoms with E-state index in [1.807, 2.05) is 0 Å². The van der Waals surface area contributed by atoms with Crippen LogP contribution >= 0.6 is 23.5 Å². The van der Waals surface area contributed by atoms with Crippen molar-refractivity contribution in [2.24, 2.45) is 11.5 Å². The predicted octanol–water partition coefficient (Wildman–Crippen LogP) is -3.96. The van der Waals surface area contributed by atoms with Gasteiger partial charge in [-0.05, 0) is 45.2 Å². The van der Waals surface area contributed by atoms with Gasteiger partial charge >= 0.3 is 11.9 Å². The van der Waals surface area contributed by atoms with Gasteiger partial charge in [-0.15, -0.1) is 0 Å². The molecule has 1 aliphatic rings. The second kappa shape index (κ2) is 26.2. The summed E-state index contributed by atoms with van der Waals surface area (Å²) in [6.45, 7) is 1.47. The van der Waals surface area contributed by atoms with Gasteiger partial charge in [0.1, 0.15) is 24.2 Å². The zero-order valence-electron chi connectivity index (χ0n) is 28.0. The molecule has 1 heterocycles. The Morgan fingerprint density at radius 1 is 0.660 bits per heavy atom. The molecule has 0 aliphatic carbocycles. The van der Waals surface area contributed by atoms with E-state index in [1.54, 1.807) is 0 Å². The van der Waals surface area contributed by atoms with Crippen molar-refractivity contribution in [3.8, 4) is 0 Å². The molecule has 19 nitrogen and oxygen atoms in total. The average Bonchev–Trinajstić information content (AvgIpc) is 3.07. The Labute approximate surface area is 299 Å². The van der Waals surface area contributed by atoms with Crippen molar-refractivity contribution in [3.05, 3.63) is 0 Å². The first-order valence-electron chi connectivity index (χ1n) is 16.3. The van der Waals surface area contributed by atoms with Crippen LogP contribution in [-0.4, -0.2) is 144 Å². The van der Waals surface area contributed by atoms with Crippen molar-refractivity contribution in [1.29, 1.82) is 0 Å². The highest BCUT2D eigenvalue weighted by atomic mass is 32.2. The fourth-order valence-corrected chi connectivity index (χ4v) is 6.33. The number of amides is 6. The van der Waals surface area contributed by atoms with Gasteiger partial charge in [0, 0.05) is 48.9 Å². The Morgan fingerprint density at radius 2 is 1.06 bits per heavy atom. The zero-order valence-corrected chi connectivity index (χ0v) is 29.6. The first-order chi connectivity index (χ1) is 23.8. The summed E-state index contributed by atoms with van der Waals surface area (Å²) < 4.78 is 0. The van der Waals surface area contributed by atoms with E-state index in [0.717, 1.165) is 6.42 Å². The van der Waals surface area contributed by atoms with Crippen molar-refractivity contribution in [1.82, 2.24) is 37.2 Å². The molecular formula is C29H51N9O10S2. The van der Waals surface area contributed by atoms with Crippen LogP contribution in [0.25, 0.3) is 0 Å². The first kappa shape index (κ1) is 44.4. The number of thioether (sulfide) groups is 2. The zero-order chi connectivity index (χ0) is 37.3. The summed E-state index contributed by atoms with van der Waals surface area (Å²) in [5, 5.41) is 36.8. The number of hydrogen-bond acceptors (Lipinski definition) is 13. The van der Waals surface area contributed by atoms with Crippen LogP contribution < -0.4 is 48.7 Å². The number of carbonyl (C=O) groups is 8. The van der Waals surface area contributed by atoms with Crippen LogP contribution in [0.4, 0.5) is 0 Å². The lowest BCUT2D eigenvalue weighted by Gasteiger charge is -2.20. The summed E-state index contributed by atoms with van der Waals surface area (Å²) in [7, 11) is 0. The van der Waals surface area contributed by atoms with Gasteiger partial charge in [-0.1, -0.05) is 0 Å². The monoisotopic (exact) mass is 749 g/mol. The minimum Gasteiger partial charge on any atom is -0.480 e. The van der Waals surface area contributed by atoms with Crippen LogP contribution in [0.5, 0.6) is 0 Å². The molecule has 1 rings (SSSR count). The van der Waals surface area contributed by atoms with E-state index in [2.05, 4.69) is 37.2 Å². The molecule has 0 aromatic carbocycles. The van der Waals surface area contributed by atoms with Gasteiger partial charge in [-0.2, -0.15) is 23.5 Å². The quantitative estimate of drug-likeness (QED) is 0.102. The van der Waals surface area contributed by atoms with Crippen molar-refractivity contribution in [2.75, 3.05) is 62.3 Å². The normalized spacial score (nSPS) is 21.6. The molecule has 0 saturated carbocycles. The lowest BCUT2D eigenvalue weighted by atomic mass is 10.1. The fraction of sp³-hybridized carbons (Fsp3) is 0.724. The molecular weight excluding hydrogens is 699 g/mol. The molecule has 6 amide bonds. The SMILES string of the molecule is N[C@@H](CCC(=O)N[C@H]1CSCCSC[C@H](NC(=O)CC[C@H](N)C(=O)O)C(=O)NCC(=O)NCCCNCCCCNC(=O)CNC1=O)C(=O)O. The van der Waals surface area contributed by atoms with E-state index >= 15 is 0 Å². The summed E-state index contributed by atoms with van der Waals surface area (Å²) in [6.07, 6.45) is 1.35.